The number of anilines is 1. The predicted octanol–water partition coefficient (Wildman–Crippen LogP) is 5.41. The minimum Gasteiger partial charge on any atom is -0.483 e. The summed E-state index contributed by atoms with van der Waals surface area (Å²) >= 11 is 10.4. The lowest BCUT2D eigenvalue weighted by molar-refractivity contribution is -0.113. The molecule has 0 aliphatic heterocycles. The quantitative estimate of drug-likeness (QED) is 0.454. The number of nitrogens with zero attached hydrogens (tertiary/aromatic N) is 2. The molecule has 3 aromatic rings. The zero-order valence-electron chi connectivity index (χ0n) is 15.2. The van der Waals surface area contributed by atoms with E-state index in [1.807, 2.05) is 32.0 Å². The highest BCUT2D eigenvalue weighted by Gasteiger charge is 2.12. The Morgan fingerprint density at radius 3 is 2.71 bits per heavy atom. The molecule has 9 heteroatoms. The van der Waals surface area contributed by atoms with Gasteiger partial charge in [0.2, 0.25) is 5.91 Å². The fourth-order valence-electron chi connectivity index (χ4n) is 2.41. The van der Waals surface area contributed by atoms with Gasteiger partial charge in [0.15, 0.2) is 6.61 Å². The standard InChI is InChI=1S/C19H17BrClN3O3S/c1-11-4-3-5-12(2)18(11)26-9-17-23-24-19(27-17)28-10-16(25)22-13-6-7-15(21)14(20)8-13/h3-8H,9-10H2,1-2H3,(H,22,25). The second kappa shape index (κ2) is 9.45. The first-order valence-electron chi connectivity index (χ1n) is 8.31. The summed E-state index contributed by atoms with van der Waals surface area (Å²) in [6.45, 7) is 4.13. The molecule has 1 amide bonds. The molecule has 1 N–H and O–H groups in total. The Kier molecular flexibility index (Phi) is 6.98. The molecule has 1 heterocycles. The van der Waals surface area contributed by atoms with Gasteiger partial charge in [0.25, 0.3) is 11.1 Å². The number of benzene rings is 2. The smallest absolute Gasteiger partial charge is 0.277 e. The summed E-state index contributed by atoms with van der Waals surface area (Å²) in [7, 11) is 0. The molecule has 1 aromatic heterocycles. The highest BCUT2D eigenvalue weighted by atomic mass is 79.9. The molecule has 3 rings (SSSR count). The minimum absolute atomic E-state index is 0.139. The maximum atomic E-state index is 12.1. The first kappa shape index (κ1) is 20.7. The van der Waals surface area contributed by atoms with Gasteiger partial charge in [-0.2, -0.15) is 0 Å². The van der Waals surface area contributed by atoms with E-state index in [4.69, 9.17) is 20.8 Å². The van der Waals surface area contributed by atoms with E-state index in [0.29, 0.717) is 26.3 Å². The molecule has 0 saturated heterocycles. The van der Waals surface area contributed by atoms with Crippen LogP contribution in [0.5, 0.6) is 5.75 Å². The molecule has 0 radical (unpaired) electrons. The number of hydrogen-bond donors (Lipinski definition) is 1. The van der Waals surface area contributed by atoms with Crippen LogP contribution in [0.2, 0.25) is 5.02 Å². The lowest BCUT2D eigenvalue weighted by Gasteiger charge is -2.09. The molecule has 0 saturated carbocycles. The van der Waals surface area contributed by atoms with Gasteiger partial charge in [-0.1, -0.05) is 41.6 Å². The van der Waals surface area contributed by atoms with Crippen LogP contribution in [-0.4, -0.2) is 21.9 Å². The number of carbonyl (C=O) groups is 1. The molecule has 0 unspecified atom stereocenters. The van der Waals surface area contributed by atoms with Crippen molar-refractivity contribution < 1.29 is 13.9 Å². The number of aromatic nitrogens is 2. The van der Waals surface area contributed by atoms with Gasteiger partial charge in [-0.05, 0) is 59.1 Å². The summed E-state index contributed by atoms with van der Waals surface area (Å²) in [5, 5.41) is 11.6. The van der Waals surface area contributed by atoms with Crippen LogP contribution in [0.25, 0.3) is 0 Å². The van der Waals surface area contributed by atoms with Gasteiger partial charge in [0, 0.05) is 10.2 Å². The van der Waals surface area contributed by atoms with Crippen LogP contribution in [-0.2, 0) is 11.4 Å². The maximum absolute atomic E-state index is 12.1. The average Bonchev–Trinajstić information content (AvgIpc) is 3.11. The van der Waals surface area contributed by atoms with Crippen molar-refractivity contribution in [3.8, 4) is 5.75 Å². The van der Waals surface area contributed by atoms with Crippen LogP contribution in [0.4, 0.5) is 5.69 Å². The van der Waals surface area contributed by atoms with Gasteiger partial charge in [-0.15, -0.1) is 10.2 Å². The van der Waals surface area contributed by atoms with E-state index in [2.05, 4.69) is 31.4 Å². The third kappa shape index (κ3) is 5.50. The van der Waals surface area contributed by atoms with Crippen LogP contribution in [0.15, 0.2) is 50.5 Å². The molecule has 28 heavy (non-hydrogen) atoms. The summed E-state index contributed by atoms with van der Waals surface area (Å²) in [6, 6.07) is 11.1. The van der Waals surface area contributed by atoms with Gasteiger partial charge in [0.05, 0.1) is 10.8 Å². The number of amides is 1. The Hall–Kier alpha value is -2.03. The van der Waals surface area contributed by atoms with Crippen LogP contribution < -0.4 is 10.1 Å². The van der Waals surface area contributed by atoms with E-state index in [1.165, 1.54) is 0 Å². The maximum Gasteiger partial charge on any atom is 0.277 e. The molecule has 0 aliphatic rings. The Morgan fingerprint density at radius 1 is 1.25 bits per heavy atom. The first-order valence-corrected chi connectivity index (χ1v) is 10.5. The zero-order chi connectivity index (χ0) is 20.1. The van der Waals surface area contributed by atoms with Gasteiger partial charge in [-0.25, -0.2) is 0 Å². The normalized spacial score (nSPS) is 10.7. The lowest BCUT2D eigenvalue weighted by atomic mass is 10.1. The number of halogens is 2. The highest BCUT2D eigenvalue weighted by Crippen LogP contribution is 2.26. The second-order valence-corrected chi connectivity index (χ2v) is 8.13. The molecular formula is C19H17BrClN3O3S. The van der Waals surface area contributed by atoms with Crippen molar-refractivity contribution in [1.82, 2.24) is 10.2 Å². The number of nitrogens with one attached hydrogen (secondary N) is 1. The van der Waals surface area contributed by atoms with E-state index in [0.717, 1.165) is 28.6 Å². The first-order chi connectivity index (χ1) is 13.4. The predicted molar refractivity (Wildman–Crippen MR) is 113 cm³/mol. The molecule has 0 fully saturated rings. The Labute approximate surface area is 180 Å². The number of para-hydroxylation sites is 1. The summed E-state index contributed by atoms with van der Waals surface area (Å²) in [5.74, 6) is 1.11. The minimum atomic E-state index is -0.189. The van der Waals surface area contributed by atoms with Gasteiger partial charge < -0.3 is 14.5 Å². The Balaban J connectivity index is 1.50. The third-order valence-electron chi connectivity index (χ3n) is 3.73. The number of rotatable bonds is 7. The molecule has 2 aromatic carbocycles. The second-order valence-electron chi connectivity index (χ2n) is 5.94. The topological polar surface area (TPSA) is 77.2 Å². The van der Waals surface area contributed by atoms with Crippen molar-refractivity contribution >= 4 is 50.9 Å². The van der Waals surface area contributed by atoms with Crippen molar-refractivity contribution in [3.63, 3.8) is 0 Å². The average molecular weight is 483 g/mol. The van der Waals surface area contributed by atoms with Crippen LogP contribution in [0.3, 0.4) is 0 Å². The molecule has 0 bridgehead atoms. The summed E-state index contributed by atoms with van der Waals surface area (Å²) < 4.78 is 12.0. The van der Waals surface area contributed by atoms with Gasteiger partial charge >= 0.3 is 0 Å². The Bertz CT molecular complexity index is 976. The van der Waals surface area contributed by atoms with E-state index >= 15 is 0 Å². The van der Waals surface area contributed by atoms with Crippen LogP contribution >= 0.6 is 39.3 Å². The van der Waals surface area contributed by atoms with Gasteiger partial charge in [-0.3, -0.25) is 4.79 Å². The highest BCUT2D eigenvalue weighted by molar-refractivity contribution is 9.10. The number of carbonyl (C=O) groups excluding carboxylic acids is 1. The largest absolute Gasteiger partial charge is 0.483 e. The fraction of sp³-hybridized carbons (Fsp3) is 0.211. The van der Waals surface area contributed by atoms with E-state index < -0.39 is 0 Å². The lowest BCUT2D eigenvalue weighted by Crippen LogP contribution is -2.13. The monoisotopic (exact) mass is 481 g/mol. The van der Waals surface area contributed by atoms with Crippen LogP contribution in [0, 0.1) is 13.8 Å². The number of aryl methyl sites for hydroxylation is 2. The Morgan fingerprint density at radius 2 is 2.00 bits per heavy atom. The molecule has 0 spiro atoms. The van der Waals surface area contributed by atoms with Crippen molar-refractivity contribution in [2.45, 2.75) is 25.7 Å². The van der Waals surface area contributed by atoms with E-state index in [-0.39, 0.29) is 18.3 Å². The van der Waals surface area contributed by atoms with Crippen LogP contribution in [0.1, 0.15) is 17.0 Å². The fourth-order valence-corrected chi connectivity index (χ4v) is 3.49. The third-order valence-corrected chi connectivity index (χ3v) is 5.76. The molecule has 6 nitrogen and oxygen atoms in total. The summed E-state index contributed by atoms with van der Waals surface area (Å²) in [6.07, 6.45) is 0. The van der Waals surface area contributed by atoms with Crippen molar-refractivity contribution in [1.29, 1.82) is 0 Å². The van der Waals surface area contributed by atoms with Crippen molar-refractivity contribution in [2.24, 2.45) is 0 Å². The number of thioether (sulfide) groups is 1. The SMILES string of the molecule is Cc1cccc(C)c1OCc1nnc(SCC(=O)Nc2ccc(Cl)c(Br)c2)o1. The zero-order valence-corrected chi connectivity index (χ0v) is 18.3. The van der Waals surface area contributed by atoms with E-state index in [9.17, 15) is 4.79 Å². The van der Waals surface area contributed by atoms with Gasteiger partial charge in [0.1, 0.15) is 5.75 Å². The summed E-state index contributed by atoms with van der Waals surface area (Å²) in [5.41, 5.74) is 2.73. The number of hydrogen-bond acceptors (Lipinski definition) is 6. The molecule has 0 atom stereocenters. The molecule has 146 valence electrons. The molecular weight excluding hydrogens is 466 g/mol. The van der Waals surface area contributed by atoms with E-state index in [1.54, 1.807) is 18.2 Å². The summed E-state index contributed by atoms with van der Waals surface area (Å²) in [4.78, 5) is 12.1. The number of ether oxygens (including phenoxy) is 1. The van der Waals surface area contributed by atoms with Crippen molar-refractivity contribution in [3.05, 3.63) is 62.9 Å². The molecule has 0 aliphatic carbocycles. The van der Waals surface area contributed by atoms with Crippen molar-refractivity contribution in [2.75, 3.05) is 11.1 Å².